The van der Waals surface area contributed by atoms with Crippen LogP contribution in [0.25, 0.3) is 20.8 Å². The Hall–Kier alpha value is -2.20. The summed E-state index contributed by atoms with van der Waals surface area (Å²) in [6, 6.07) is 14.2. The van der Waals surface area contributed by atoms with Crippen molar-refractivity contribution in [3.63, 3.8) is 0 Å². The van der Waals surface area contributed by atoms with E-state index in [1.807, 2.05) is 31.2 Å². The van der Waals surface area contributed by atoms with Crippen LogP contribution in [0.2, 0.25) is 0 Å². The Kier molecular flexibility index (Phi) is 4.95. The summed E-state index contributed by atoms with van der Waals surface area (Å²) in [4.78, 5) is 16.8. The summed E-state index contributed by atoms with van der Waals surface area (Å²) in [5.74, 6) is 0.127. The Labute approximate surface area is 146 Å². The van der Waals surface area contributed by atoms with Crippen molar-refractivity contribution in [1.82, 2.24) is 4.98 Å². The lowest BCUT2D eigenvalue weighted by Gasteiger charge is -2.11. The van der Waals surface area contributed by atoms with E-state index in [0.717, 1.165) is 34.6 Å². The molecule has 1 aromatic heterocycles. The molecule has 1 heterocycles. The molecule has 1 atom stereocenters. The first-order valence-electron chi connectivity index (χ1n) is 8.35. The van der Waals surface area contributed by atoms with Gasteiger partial charge >= 0.3 is 0 Å². The Morgan fingerprint density at radius 3 is 2.67 bits per heavy atom. The van der Waals surface area contributed by atoms with Crippen LogP contribution in [0.4, 0.5) is 5.69 Å². The van der Waals surface area contributed by atoms with Crippen LogP contribution in [0, 0.1) is 12.8 Å². The second-order valence-corrected chi connectivity index (χ2v) is 7.28. The lowest BCUT2D eigenvalue weighted by atomic mass is 10.1. The lowest BCUT2D eigenvalue weighted by molar-refractivity contribution is -0.119. The lowest BCUT2D eigenvalue weighted by Crippen LogP contribution is -2.20. The molecule has 3 rings (SSSR count). The van der Waals surface area contributed by atoms with Crippen LogP contribution in [0.3, 0.4) is 0 Å². The zero-order valence-corrected chi connectivity index (χ0v) is 15.1. The number of aryl methyl sites for hydroxylation is 1. The van der Waals surface area contributed by atoms with Gasteiger partial charge < -0.3 is 5.32 Å². The van der Waals surface area contributed by atoms with Gasteiger partial charge in [0.1, 0.15) is 5.01 Å². The van der Waals surface area contributed by atoms with Gasteiger partial charge in [0.25, 0.3) is 0 Å². The van der Waals surface area contributed by atoms with Crippen molar-refractivity contribution < 1.29 is 4.79 Å². The number of thiazole rings is 1. The highest BCUT2D eigenvalue weighted by molar-refractivity contribution is 7.21. The topological polar surface area (TPSA) is 42.0 Å². The van der Waals surface area contributed by atoms with Gasteiger partial charge in [-0.1, -0.05) is 26.3 Å². The Morgan fingerprint density at radius 2 is 1.96 bits per heavy atom. The van der Waals surface area contributed by atoms with Gasteiger partial charge in [-0.05, 0) is 55.3 Å². The number of rotatable bonds is 5. The van der Waals surface area contributed by atoms with Crippen molar-refractivity contribution in [3.05, 3.63) is 48.0 Å². The molecule has 1 amide bonds. The Morgan fingerprint density at radius 1 is 1.21 bits per heavy atom. The number of nitrogens with zero attached hydrogens (tertiary/aromatic N) is 1. The molecular formula is C20H22N2OS. The molecule has 4 heteroatoms. The number of hydrogen-bond acceptors (Lipinski definition) is 3. The van der Waals surface area contributed by atoms with E-state index in [-0.39, 0.29) is 11.8 Å². The number of anilines is 1. The van der Waals surface area contributed by atoms with Gasteiger partial charge in [-0.25, -0.2) is 4.98 Å². The van der Waals surface area contributed by atoms with E-state index in [9.17, 15) is 4.79 Å². The number of nitrogens with one attached hydrogen (secondary N) is 1. The highest BCUT2D eigenvalue weighted by atomic mass is 32.1. The highest BCUT2D eigenvalue weighted by Gasteiger charge is 2.12. The molecule has 0 spiro atoms. The summed E-state index contributed by atoms with van der Waals surface area (Å²) in [6.07, 6.45) is 1.93. The van der Waals surface area contributed by atoms with E-state index in [0.29, 0.717) is 0 Å². The largest absolute Gasteiger partial charge is 0.326 e. The van der Waals surface area contributed by atoms with Crippen LogP contribution in [0.15, 0.2) is 42.5 Å². The van der Waals surface area contributed by atoms with Crippen LogP contribution < -0.4 is 5.32 Å². The zero-order valence-electron chi connectivity index (χ0n) is 14.3. The molecule has 0 unspecified atom stereocenters. The van der Waals surface area contributed by atoms with Crippen LogP contribution in [0.1, 0.15) is 32.3 Å². The van der Waals surface area contributed by atoms with Gasteiger partial charge in [-0.15, -0.1) is 11.3 Å². The highest BCUT2D eigenvalue weighted by Crippen LogP contribution is 2.31. The average molecular weight is 338 g/mol. The Balaban J connectivity index is 1.77. The molecule has 0 bridgehead atoms. The minimum atomic E-state index is 0.0437. The second kappa shape index (κ2) is 7.14. The van der Waals surface area contributed by atoms with Gasteiger partial charge in [0.2, 0.25) is 5.91 Å². The molecule has 0 aliphatic carbocycles. The minimum Gasteiger partial charge on any atom is -0.326 e. The van der Waals surface area contributed by atoms with Crippen molar-refractivity contribution in [3.8, 4) is 10.6 Å². The number of aromatic nitrogens is 1. The van der Waals surface area contributed by atoms with E-state index in [1.54, 1.807) is 11.3 Å². The van der Waals surface area contributed by atoms with Crippen molar-refractivity contribution in [2.45, 2.75) is 33.6 Å². The van der Waals surface area contributed by atoms with Crippen molar-refractivity contribution in [1.29, 1.82) is 0 Å². The van der Waals surface area contributed by atoms with Gasteiger partial charge in [0.05, 0.1) is 10.2 Å². The van der Waals surface area contributed by atoms with Crippen LogP contribution in [-0.4, -0.2) is 10.9 Å². The third-order valence-corrected chi connectivity index (χ3v) is 5.18. The summed E-state index contributed by atoms with van der Waals surface area (Å²) in [7, 11) is 0. The number of carbonyl (C=O) groups is 1. The summed E-state index contributed by atoms with van der Waals surface area (Å²) >= 11 is 1.70. The fourth-order valence-electron chi connectivity index (χ4n) is 2.68. The van der Waals surface area contributed by atoms with Crippen molar-refractivity contribution >= 4 is 33.1 Å². The predicted octanol–water partition coefficient (Wildman–Crippen LogP) is 5.65. The summed E-state index contributed by atoms with van der Waals surface area (Å²) in [5, 5.41) is 3.99. The standard InChI is InChI=1S/C20H22N2OS/c1-4-5-14(3)19(23)21-16-9-7-15(8-10-16)20-22-17-11-6-13(2)12-18(17)24-20/h6-12,14H,4-5H2,1-3H3,(H,21,23)/t14-/m1/s1. The molecule has 2 aromatic carbocycles. The third kappa shape index (κ3) is 3.65. The molecule has 0 radical (unpaired) electrons. The summed E-state index contributed by atoms with van der Waals surface area (Å²) in [6.45, 7) is 6.16. The molecule has 0 fully saturated rings. The number of benzene rings is 2. The summed E-state index contributed by atoms with van der Waals surface area (Å²) in [5.41, 5.74) is 4.19. The SMILES string of the molecule is CCC[C@@H](C)C(=O)Nc1ccc(-c2nc3ccc(C)cc3s2)cc1. The first-order chi connectivity index (χ1) is 11.6. The second-order valence-electron chi connectivity index (χ2n) is 6.25. The smallest absolute Gasteiger partial charge is 0.227 e. The average Bonchev–Trinajstić information content (AvgIpc) is 2.98. The first-order valence-corrected chi connectivity index (χ1v) is 9.17. The van der Waals surface area contributed by atoms with Crippen molar-refractivity contribution in [2.24, 2.45) is 5.92 Å². The van der Waals surface area contributed by atoms with Crippen molar-refractivity contribution in [2.75, 3.05) is 5.32 Å². The maximum atomic E-state index is 12.1. The van der Waals surface area contributed by atoms with Crippen LogP contribution >= 0.6 is 11.3 Å². The summed E-state index contributed by atoms with van der Waals surface area (Å²) < 4.78 is 1.20. The predicted molar refractivity (Wildman–Crippen MR) is 102 cm³/mol. The van der Waals surface area contributed by atoms with Gasteiger partial charge in [-0.3, -0.25) is 4.79 Å². The fourth-order valence-corrected chi connectivity index (χ4v) is 3.75. The quantitative estimate of drug-likeness (QED) is 0.653. The third-order valence-electron chi connectivity index (χ3n) is 4.11. The number of carbonyl (C=O) groups excluding carboxylic acids is 1. The molecule has 1 N–H and O–H groups in total. The first kappa shape index (κ1) is 16.7. The van der Waals surface area contributed by atoms with E-state index in [1.165, 1.54) is 10.3 Å². The van der Waals surface area contributed by atoms with E-state index < -0.39 is 0 Å². The number of amides is 1. The monoisotopic (exact) mass is 338 g/mol. The maximum absolute atomic E-state index is 12.1. The van der Waals surface area contributed by atoms with Gasteiger partial charge in [0.15, 0.2) is 0 Å². The Bertz CT molecular complexity index is 852. The number of hydrogen-bond donors (Lipinski definition) is 1. The zero-order chi connectivity index (χ0) is 17.1. The molecule has 0 saturated heterocycles. The van der Waals surface area contributed by atoms with E-state index in [4.69, 9.17) is 4.98 Å². The molecule has 0 aliphatic heterocycles. The molecule has 0 saturated carbocycles. The molecule has 0 aliphatic rings. The minimum absolute atomic E-state index is 0.0437. The molecular weight excluding hydrogens is 316 g/mol. The molecule has 24 heavy (non-hydrogen) atoms. The maximum Gasteiger partial charge on any atom is 0.227 e. The van der Waals surface area contributed by atoms with Gasteiger partial charge in [-0.2, -0.15) is 0 Å². The van der Waals surface area contributed by atoms with Crippen LogP contribution in [-0.2, 0) is 4.79 Å². The van der Waals surface area contributed by atoms with Crippen LogP contribution in [0.5, 0.6) is 0 Å². The number of fused-ring (bicyclic) bond motifs is 1. The normalized spacial score (nSPS) is 12.3. The van der Waals surface area contributed by atoms with E-state index >= 15 is 0 Å². The van der Waals surface area contributed by atoms with Gasteiger partial charge in [0, 0.05) is 17.2 Å². The fraction of sp³-hybridized carbons (Fsp3) is 0.300. The molecule has 3 aromatic rings. The molecule has 3 nitrogen and oxygen atoms in total. The van der Waals surface area contributed by atoms with E-state index in [2.05, 4.69) is 37.4 Å². The molecule has 124 valence electrons.